The van der Waals surface area contributed by atoms with E-state index in [1.807, 2.05) is 13.8 Å². The standard InChI is InChI=1S/C23H32ClNO7/c1-6-10-32-21(29)15(7-2)13-23(4,22(30)31-5)12-14(3)19(26)25-18-9-8-16(24)11-17(18)20(27)28/h8-9,11,14-15H,6-7,10,12-13H2,1-5H3,(H,25,26)(H,27,28). The number of benzene rings is 1. The number of amides is 1. The van der Waals surface area contributed by atoms with Crippen molar-refractivity contribution in [1.29, 1.82) is 0 Å². The molecule has 0 fully saturated rings. The second kappa shape index (κ2) is 12.4. The van der Waals surface area contributed by atoms with Gasteiger partial charge < -0.3 is 19.9 Å². The molecule has 0 saturated carbocycles. The molecule has 0 aromatic heterocycles. The molecule has 3 unspecified atom stereocenters. The molecule has 0 aliphatic carbocycles. The number of hydrogen-bond acceptors (Lipinski definition) is 6. The Hall–Kier alpha value is -2.61. The number of rotatable bonds is 12. The smallest absolute Gasteiger partial charge is 0.337 e. The third kappa shape index (κ3) is 7.51. The molecular formula is C23H32ClNO7. The zero-order valence-electron chi connectivity index (χ0n) is 19.2. The summed E-state index contributed by atoms with van der Waals surface area (Å²) in [4.78, 5) is 49.3. The maximum atomic E-state index is 12.8. The molecule has 1 aromatic rings. The van der Waals surface area contributed by atoms with Crippen LogP contribution in [-0.2, 0) is 23.9 Å². The number of carboxylic acid groups (broad SMARTS) is 1. The molecule has 0 aliphatic rings. The van der Waals surface area contributed by atoms with Crippen molar-refractivity contribution in [3.05, 3.63) is 28.8 Å². The number of hydrogen-bond donors (Lipinski definition) is 2. The maximum Gasteiger partial charge on any atom is 0.337 e. The fraction of sp³-hybridized carbons (Fsp3) is 0.565. The molecule has 0 spiro atoms. The van der Waals surface area contributed by atoms with E-state index in [9.17, 15) is 24.3 Å². The zero-order chi connectivity index (χ0) is 24.5. The van der Waals surface area contributed by atoms with Gasteiger partial charge in [0.05, 0.1) is 36.3 Å². The fourth-order valence-electron chi connectivity index (χ4n) is 3.58. The van der Waals surface area contributed by atoms with Crippen molar-refractivity contribution in [1.82, 2.24) is 0 Å². The number of anilines is 1. The van der Waals surface area contributed by atoms with Gasteiger partial charge in [0.25, 0.3) is 0 Å². The predicted molar refractivity (Wildman–Crippen MR) is 121 cm³/mol. The van der Waals surface area contributed by atoms with Crippen LogP contribution in [0.4, 0.5) is 5.69 Å². The van der Waals surface area contributed by atoms with E-state index < -0.39 is 35.1 Å². The monoisotopic (exact) mass is 469 g/mol. The Morgan fingerprint density at radius 3 is 2.38 bits per heavy atom. The lowest BCUT2D eigenvalue weighted by Crippen LogP contribution is -2.38. The van der Waals surface area contributed by atoms with E-state index in [1.165, 1.54) is 25.3 Å². The first-order chi connectivity index (χ1) is 15.0. The molecule has 32 heavy (non-hydrogen) atoms. The third-order valence-corrected chi connectivity index (χ3v) is 5.56. The van der Waals surface area contributed by atoms with Crippen LogP contribution in [-0.4, -0.2) is 42.6 Å². The molecule has 178 valence electrons. The first-order valence-electron chi connectivity index (χ1n) is 10.6. The van der Waals surface area contributed by atoms with Gasteiger partial charge in [0.2, 0.25) is 5.91 Å². The average molecular weight is 470 g/mol. The molecule has 0 saturated heterocycles. The Balaban J connectivity index is 3.03. The van der Waals surface area contributed by atoms with Gasteiger partial charge in [-0.05, 0) is 50.8 Å². The molecule has 0 heterocycles. The SMILES string of the molecule is CCCOC(=O)C(CC)CC(C)(CC(C)C(=O)Nc1ccc(Cl)cc1C(=O)O)C(=O)OC. The van der Waals surface area contributed by atoms with Crippen molar-refractivity contribution in [2.75, 3.05) is 19.0 Å². The van der Waals surface area contributed by atoms with Gasteiger partial charge in [0, 0.05) is 10.9 Å². The highest BCUT2D eigenvalue weighted by Gasteiger charge is 2.41. The Bertz CT molecular complexity index is 842. The van der Waals surface area contributed by atoms with Crippen molar-refractivity contribution in [2.45, 2.75) is 53.4 Å². The maximum absolute atomic E-state index is 12.8. The van der Waals surface area contributed by atoms with Crippen LogP contribution in [0, 0.1) is 17.3 Å². The number of nitrogens with one attached hydrogen (secondary N) is 1. The molecule has 0 radical (unpaired) electrons. The molecule has 8 nitrogen and oxygen atoms in total. The number of methoxy groups -OCH3 is 1. The van der Waals surface area contributed by atoms with Crippen molar-refractivity contribution in [2.24, 2.45) is 17.3 Å². The van der Waals surface area contributed by atoms with Crippen LogP contribution in [0.3, 0.4) is 0 Å². The normalized spacial score (nSPS) is 14.6. The fourth-order valence-corrected chi connectivity index (χ4v) is 3.75. The largest absolute Gasteiger partial charge is 0.478 e. The minimum atomic E-state index is -1.23. The number of aromatic carboxylic acids is 1. The van der Waals surface area contributed by atoms with Gasteiger partial charge >= 0.3 is 17.9 Å². The first kappa shape index (κ1) is 27.4. The van der Waals surface area contributed by atoms with Crippen LogP contribution in [0.25, 0.3) is 0 Å². The van der Waals surface area contributed by atoms with Crippen LogP contribution in [0.15, 0.2) is 18.2 Å². The second-order valence-electron chi connectivity index (χ2n) is 8.12. The van der Waals surface area contributed by atoms with E-state index >= 15 is 0 Å². The topological polar surface area (TPSA) is 119 Å². The third-order valence-electron chi connectivity index (χ3n) is 5.32. The van der Waals surface area contributed by atoms with Crippen LogP contribution < -0.4 is 5.32 Å². The van der Waals surface area contributed by atoms with Gasteiger partial charge in [-0.15, -0.1) is 0 Å². The number of esters is 2. The number of ether oxygens (including phenoxy) is 2. The molecular weight excluding hydrogens is 438 g/mol. The second-order valence-corrected chi connectivity index (χ2v) is 8.55. The number of carbonyl (C=O) groups excluding carboxylic acids is 3. The van der Waals surface area contributed by atoms with Gasteiger partial charge in [0.15, 0.2) is 0 Å². The van der Waals surface area contributed by atoms with Crippen molar-refractivity contribution in [3.8, 4) is 0 Å². The van der Waals surface area contributed by atoms with E-state index in [0.29, 0.717) is 19.4 Å². The summed E-state index contributed by atoms with van der Waals surface area (Å²) in [6.07, 6.45) is 1.43. The van der Waals surface area contributed by atoms with Gasteiger partial charge in [0.1, 0.15) is 0 Å². The Kier molecular flexibility index (Phi) is 10.7. The Morgan fingerprint density at radius 2 is 1.84 bits per heavy atom. The van der Waals surface area contributed by atoms with Gasteiger partial charge in [-0.3, -0.25) is 14.4 Å². The van der Waals surface area contributed by atoms with Crippen molar-refractivity contribution in [3.63, 3.8) is 0 Å². The predicted octanol–water partition coefficient (Wildman–Crippen LogP) is 4.55. The van der Waals surface area contributed by atoms with E-state index in [-0.39, 0.29) is 35.1 Å². The zero-order valence-corrected chi connectivity index (χ0v) is 20.0. The summed E-state index contributed by atoms with van der Waals surface area (Å²) in [5, 5.41) is 12.2. The molecule has 3 atom stereocenters. The van der Waals surface area contributed by atoms with Crippen LogP contribution in [0.5, 0.6) is 0 Å². The minimum Gasteiger partial charge on any atom is -0.478 e. The summed E-state index contributed by atoms with van der Waals surface area (Å²) < 4.78 is 10.2. The molecule has 0 bridgehead atoms. The minimum absolute atomic E-state index is 0.0963. The first-order valence-corrected chi connectivity index (χ1v) is 11.0. The Labute approximate surface area is 193 Å². The highest BCUT2D eigenvalue weighted by Crippen LogP contribution is 2.37. The molecule has 1 aromatic carbocycles. The van der Waals surface area contributed by atoms with Gasteiger partial charge in [-0.25, -0.2) is 4.79 Å². The summed E-state index contributed by atoms with van der Waals surface area (Å²) in [7, 11) is 1.26. The van der Waals surface area contributed by atoms with E-state index in [1.54, 1.807) is 13.8 Å². The molecule has 1 amide bonds. The van der Waals surface area contributed by atoms with Gasteiger partial charge in [-0.2, -0.15) is 0 Å². The highest BCUT2D eigenvalue weighted by molar-refractivity contribution is 6.31. The summed E-state index contributed by atoms with van der Waals surface area (Å²) in [6.45, 7) is 7.31. The number of carbonyl (C=O) groups is 4. The van der Waals surface area contributed by atoms with E-state index in [4.69, 9.17) is 21.1 Å². The summed E-state index contributed by atoms with van der Waals surface area (Å²) in [5.74, 6) is -3.81. The van der Waals surface area contributed by atoms with E-state index in [2.05, 4.69) is 5.32 Å². The van der Waals surface area contributed by atoms with Gasteiger partial charge in [-0.1, -0.05) is 32.4 Å². The highest BCUT2D eigenvalue weighted by atomic mass is 35.5. The molecule has 1 rings (SSSR count). The Morgan fingerprint density at radius 1 is 1.19 bits per heavy atom. The lowest BCUT2D eigenvalue weighted by Gasteiger charge is -2.31. The quantitative estimate of drug-likeness (QED) is 0.431. The van der Waals surface area contributed by atoms with Crippen LogP contribution in [0.2, 0.25) is 5.02 Å². The van der Waals surface area contributed by atoms with Crippen molar-refractivity contribution >= 4 is 41.1 Å². The average Bonchev–Trinajstić information content (AvgIpc) is 2.75. The summed E-state index contributed by atoms with van der Waals surface area (Å²) in [6, 6.07) is 4.13. The van der Waals surface area contributed by atoms with E-state index in [0.717, 1.165) is 0 Å². The molecule has 2 N–H and O–H groups in total. The lowest BCUT2D eigenvalue weighted by molar-refractivity contribution is -0.157. The number of halogens is 1. The van der Waals surface area contributed by atoms with Crippen LogP contribution >= 0.6 is 11.6 Å². The molecule has 9 heteroatoms. The summed E-state index contributed by atoms with van der Waals surface area (Å²) >= 11 is 5.85. The molecule has 0 aliphatic heterocycles. The number of carboxylic acids is 1. The van der Waals surface area contributed by atoms with Crippen molar-refractivity contribution < 1.29 is 33.8 Å². The van der Waals surface area contributed by atoms with Crippen LogP contribution in [0.1, 0.15) is 63.7 Å². The summed E-state index contributed by atoms with van der Waals surface area (Å²) in [5.41, 5.74) is -1.15. The lowest BCUT2D eigenvalue weighted by atomic mass is 9.74.